The van der Waals surface area contributed by atoms with Crippen LogP contribution in [0.1, 0.15) is 44.5 Å². The molecule has 152 valence electrons. The minimum atomic E-state index is -1.80. The molecule has 1 aromatic rings. The maximum absolute atomic E-state index is 12.5. The molecule has 0 saturated heterocycles. The number of anilines is 1. The van der Waals surface area contributed by atoms with Crippen molar-refractivity contribution >= 4 is 31.5 Å². The monoisotopic (exact) mass is 402 g/mol. The summed E-state index contributed by atoms with van der Waals surface area (Å²) in [5.74, 6) is 1.95. The van der Waals surface area contributed by atoms with E-state index in [0.717, 1.165) is 0 Å². The molecule has 2 amide bonds. The number of nitrogens with one attached hydrogen (secondary N) is 2. The maximum Gasteiger partial charge on any atom is 0.329 e. The molecule has 6 nitrogen and oxygen atoms in total. The van der Waals surface area contributed by atoms with Crippen molar-refractivity contribution in [2.75, 3.05) is 12.4 Å². The Labute approximate surface area is 168 Å². The van der Waals surface area contributed by atoms with Gasteiger partial charge in [0.25, 0.3) is 5.91 Å². The predicted octanol–water partition coefficient (Wildman–Crippen LogP) is 3.36. The van der Waals surface area contributed by atoms with E-state index in [2.05, 4.69) is 56.0 Å². The number of esters is 1. The van der Waals surface area contributed by atoms with Crippen molar-refractivity contribution in [1.82, 2.24) is 5.32 Å². The summed E-state index contributed by atoms with van der Waals surface area (Å²) in [5, 5.41) is 5.43. The summed E-state index contributed by atoms with van der Waals surface area (Å²) in [6, 6.07) is 5.57. The third-order valence-electron chi connectivity index (χ3n) is 4.84. The van der Waals surface area contributed by atoms with E-state index in [1.165, 1.54) is 14.0 Å². The molecule has 2 N–H and O–H groups in total. The molecule has 0 radical (unpaired) electrons. The van der Waals surface area contributed by atoms with Crippen molar-refractivity contribution in [3.05, 3.63) is 29.8 Å². The molecule has 7 heteroatoms. The van der Waals surface area contributed by atoms with Crippen molar-refractivity contribution in [2.45, 2.75) is 58.3 Å². The fourth-order valence-electron chi connectivity index (χ4n) is 2.05. The van der Waals surface area contributed by atoms with Gasteiger partial charge in [0.15, 0.2) is 0 Å². The van der Waals surface area contributed by atoms with Crippen LogP contribution in [0.3, 0.4) is 0 Å². The topological polar surface area (TPSA) is 84.5 Å². The van der Waals surface area contributed by atoms with Crippen LogP contribution in [0.25, 0.3) is 0 Å². The number of hydrogen-bond donors (Lipinski definition) is 2. The second-order valence-electron chi connectivity index (χ2n) is 8.19. The summed E-state index contributed by atoms with van der Waals surface area (Å²) < 4.78 is 4.80. The van der Waals surface area contributed by atoms with Crippen LogP contribution in [0, 0.1) is 11.5 Å². The van der Waals surface area contributed by atoms with Gasteiger partial charge < -0.3 is 15.4 Å². The van der Waals surface area contributed by atoms with Gasteiger partial charge in [-0.05, 0) is 29.3 Å². The van der Waals surface area contributed by atoms with E-state index in [1.807, 2.05) is 0 Å². The molecular weight excluding hydrogens is 372 g/mol. The van der Waals surface area contributed by atoms with Gasteiger partial charge in [-0.15, -0.1) is 11.5 Å². The highest BCUT2D eigenvalue weighted by Gasteiger charge is 2.33. The lowest BCUT2D eigenvalue weighted by Crippen LogP contribution is -2.41. The fourth-order valence-corrected chi connectivity index (χ4v) is 2.97. The molecule has 1 rings (SSSR count). The Morgan fingerprint density at radius 1 is 1.14 bits per heavy atom. The SMILES string of the molecule is COC(=O)[C@@H](CC#C[Si](C)(C)C(C)(C)C)NC(=O)c1ccc(NC(C)=O)cc1. The summed E-state index contributed by atoms with van der Waals surface area (Å²) in [6.45, 7) is 12.3. The second kappa shape index (κ2) is 9.56. The van der Waals surface area contributed by atoms with Gasteiger partial charge in [-0.1, -0.05) is 33.9 Å². The Morgan fingerprint density at radius 2 is 1.71 bits per heavy atom. The molecule has 0 spiro atoms. The normalized spacial score (nSPS) is 12.2. The van der Waals surface area contributed by atoms with Crippen LogP contribution in [0.15, 0.2) is 24.3 Å². The third kappa shape index (κ3) is 6.85. The number of benzene rings is 1. The maximum atomic E-state index is 12.5. The summed E-state index contributed by atoms with van der Waals surface area (Å²) >= 11 is 0. The summed E-state index contributed by atoms with van der Waals surface area (Å²) in [7, 11) is -0.518. The fraction of sp³-hybridized carbons (Fsp3) is 0.476. The number of ether oxygens (including phenoxy) is 1. The molecule has 28 heavy (non-hydrogen) atoms. The highest BCUT2D eigenvalue weighted by Crippen LogP contribution is 2.35. The molecular formula is C21H30N2O4Si. The number of rotatable bonds is 5. The van der Waals surface area contributed by atoms with Crippen molar-refractivity contribution in [1.29, 1.82) is 0 Å². The van der Waals surface area contributed by atoms with Crippen LogP contribution in [-0.4, -0.2) is 39.0 Å². The molecule has 0 aliphatic rings. The lowest BCUT2D eigenvalue weighted by Gasteiger charge is -2.31. The first-order valence-corrected chi connectivity index (χ1v) is 12.1. The summed E-state index contributed by atoms with van der Waals surface area (Å²) in [4.78, 5) is 35.6. The zero-order valence-corrected chi connectivity index (χ0v) is 18.7. The standard InChI is InChI=1S/C21H30N2O4Si/c1-15(24)22-17-12-10-16(11-13-17)19(25)23-18(20(26)27-5)9-8-14-28(6,7)21(2,3)4/h10-13,18H,9H2,1-7H3,(H,22,24)(H,23,25)/t18-/m1/s1. The Morgan fingerprint density at radius 3 is 2.18 bits per heavy atom. The van der Waals surface area contributed by atoms with Gasteiger partial charge in [0.1, 0.15) is 14.1 Å². The zero-order valence-electron chi connectivity index (χ0n) is 17.7. The first kappa shape index (κ1) is 23.4. The van der Waals surface area contributed by atoms with Crippen LogP contribution < -0.4 is 10.6 Å². The van der Waals surface area contributed by atoms with Crippen molar-refractivity contribution in [3.63, 3.8) is 0 Å². The van der Waals surface area contributed by atoms with E-state index in [1.54, 1.807) is 24.3 Å². The number of carbonyl (C=O) groups is 3. The van der Waals surface area contributed by atoms with E-state index in [0.29, 0.717) is 11.3 Å². The van der Waals surface area contributed by atoms with E-state index in [4.69, 9.17) is 4.74 Å². The lowest BCUT2D eigenvalue weighted by atomic mass is 10.1. The van der Waals surface area contributed by atoms with Crippen LogP contribution in [0.2, 0.25) is 18.1 Å². The number of carbonyl (C=O) groups excluding carboxylic acids is 3. The zero-order chi connectivity index (χ0) is 21.5. The Balaban J connectivity index is 2.88. The average molecular weight is 403 g/mol. The average Bonchev–Trinajstić information content (AvgIpc) is 2.59. The smallest absolute Gasteiger partial charge is 0.329 e. The molecule has 0 aliphatic heterocycles. The van der Waals surface area contributed by atoms with Gasteiger partial charge in [0, 0.05) is 24.6 Å². The Hall–Kier alpha value is -2.59. The van der Waals surface area contributed by atoms with E-state index >= 15 is 0 Å². The highest BCUT2D eigenvalue weighted by molar-refractivity contribution is 6.87. The van der Waals surface area contributed by atoms with Gasteiger partial charge >= 0.3 is 5.97 Å². The summed E-state index contributed by atoms with van der Waals surface area (Å²) in [5.41, 5.74) is 4.30. The molecule has 0 heterocycles. The minimum absolute atomic E-state index is 0.111. The Kier molecular flexibility index (Phi) is 8.00. The molecule has 1 aromatic carbocycles. The first-order chi connectivity index (χ1) is 12.9. The first-order valence-electron chi connectivity index (χ1n) is 9.14. The second-order valence-corrected chi connectivity index (χ2v) is 13.2. The van der Waals surface area contributed by atoms with Crippen molar-refractivity contribution in [2.24, 2.45) is 0 Å². The van der Waals surface area contributed by atoms with Crippen LogP contribution in [0.4, 0.5) is 5.69 Å². The van der Waals surface area contributed by atoms with E-state index < -0.39 is 26.0 Å². The molecule has 1 atom stereocenters. The predicted molar refractivity (Wildman–Crippen MR) is 114 cm³/mol. The number of amides is 2. The highest BCUT2D eigenvalue weighted by atomic mass is 28.3. The number of methoxy groups -OCH3 is 1. The molecule has 0 aromatic heterocycles. The molecule has 0 fully saturated rings. The van der Waals surface area contributed by atoms with Crippen molar-refractivity contribution < 1.29 is 19.1 Å². The molecule has 0 unspecified atom stereocenters. The van der Waals surface area contributed by atoms with Gasteiger partial charge in [-0.2, -0.15) is 0 Å². The van der Waals surface area contributed by atoms with Crippen LogP contribution in [0.5, 0.6) is 0 Å². The lowest BCUT2D eigenvalue weighted by molar-refractivity contribution is -0.142. The molecule has 0 bridgehead atoms. The van der Waals surface area contributed by atoms with Gasteiger partial charge in [0.2, 0.25) is 5.91 Å². The molecule has 0 aliphatic carbocycles. The van der Waals surface area contributed by atoms with E-state index in [9.17, 15) is 14.4 Å². The van der Waals surface area contributed by atoms with Gasteiger partial charge in [-0.3, -0.25) is 9.59 Å². The summed E-state index contributed by atoms with van der Waals surface area (Å²) in [6.07, 6.45) is 0.189. The van der Waals surface area contributed by atoms with Gasteiger partial charge in [-0.25, -0.2) is 4.79 Å². The van der Waals surface area contributed by atoms with Crippen molar-refractivity contribution in [3.8, 4) is 11.5 Å². The molecule has 0 saturated carbocycles. The Bertz CT molecular complexity index is 783. The largest absolute Gasteiger partial charge is 0.467 e. The van der Waals surface area contributed by atoms with Crippen LogP contribution in [-0.2, 0) is 14.3 Å². The quantitative estimate of drug-likeness (QED) is 0.449. The van der Waals surface area contributed by atoms with E-state index in [-0.39, 0.29) is 17.4 Å². The minimum Gasteiger partial charge on any atom is -0.467 e. The number of hydrogen-bond acceptors (Lipinski definition) is 4. The van der Waals surface area contributed by atoms with Crippen LogP contribution >= 0.6 is 0 Å². The third-order valence-corrected chi connectivity index (χ3v) is 9.39. The van der Waals surface area contributed by atoms with Gasteiger partial charge in [0.05, 0.1) is 7.11 Å².